The second-order valence-corrected chi connectivity index (χ2v) is 9.82. The molecule has 2 unspecified atom stereocenters. The molecule has 1 amide bonds. The van der Waals surface area contributed by atoms with E-state index in [-0.39, 0.29) is 35.8 Å². The largest absolute Gasteiger partial charge is 0.507 e. The van der Waals surface area contributed by atoms with Gasteiger partial charge in [-0.3, -0.25) is 14.4 Å². The number of hydrogen-bond acceptors (Lipinski definition) is 5. The minimum absolute atomic E-state index is 0.0987. The summed E-state index contributed by atoms with van der Waals surface area (Å²) in [5.74, 6) is -1.57. The van der Waals surface area contributed by atoms with Crippen LogP contribution >= 0.6 is 11.6 Å². The van der Waals surface area contributed by atoms with E-state index in [9.17, 15) is 24.6 Å². The number of phenolic OH excluding ortho intramolecular Hbond substituents is 1. The third-order valence-electron chi connectivity index (χ3n) is 6.48. The lowest BCUT2D eigenvalue weighted by Crippen LogP contribution is -2.43. The van der Waals surface area contributed by atoms with Crippen LogP contribution in [0.15, 0.2) is 70.8 Å². The summed E-state index contributed by atoms with van der Waals surface area (Å²) in [5, 5.41) is 24.4. The highest BCUT2D eigenvalue weighted by atomic mass is 35.5. The van der Waals surface area contributed by atoms with Gasteiger partial charge in [0.25, 0.3) is 5.91 Å². The molecule has 6 nitrogen and oxygen atoms in total. The number of amides is 1. The van der Waals surface area contributed by atoms with Crippen molar-refractivity contribution in [3.63, 3.8) is 0 Å². The van der Waals surface area contributed by atoms with Crippen molar-refractivity contribution in [1.82, 2.24) is 5.32 Å². The number of hydrogen-bond donors (Lipinski definition) is 3. The number of aromatic hydroxyl groups is 1. The second kappa shape index (κ2) is 10.6. The van der Waals surface area contributed by atoms with E-state index in [2.05, 4.69) is 5.32 Å². The Morgan fingerprint density at radius 3 is 2.31 bits per heavy atom. The maximum atomic E-state index is 13.3. The van der Waals surface area contributed by atoms with E-state index in [0.29, 0.717) is 33.7 Å². The zero-order chi connectivity index (χ0) is 25.9. The first-order chi connectivity index (χ1) is 16.4. The lowest BCUT2D eigenvalue weighted by Gasteiger charge is -2.32. The van der Waals surface area contributed by atoms with Crippen molar-refractivity contribution in [3.8, 4) is 5.75 Å². The average molecular weight is 496 g/mol. The van der Waals surface area contributed by atoms with Gasteiger partial charge >= 0.3 is 0 Å². The molecule has 1 aliphatic rings. The normalized spacial score (nSPS) is 16.9. The van der Waals surface area contributed by atoms with Crippen molar-refractivity contribution >= 4 is 29.1 Å². The Balaban J connectivity index is 1.89. The van der Waals surface area contributed by atoms with Gasteiger partial charge < -0.3 is 15.5 Å². The first-order valence-corrected chi connectivity index (χ1v) is 11.8. The molecule has 184 valence electrons. The third kappa shape index (κ3) is 6.08. The fourth-order valence-corrected chi connectivity index (χ4v) is 4.68. The van der Waals surface area contributed by atoms with E-state index in [1.807, 2.05) is 12.1 Å². The number of carbonyl (C=O) groups is 3. The molecule has 1 aliphatic carbocycles. The second-order valence-electron chi connectivity index (χ2n) is 9.38. The zero-order valence-corrected chi connectivity index (χ0v) is 21.1. The standard InChI is InChI=1S/C28H30ClNO5/c1-16-17(2)26(33)24(18(3)25(16)32)20(12-19-8-7-9-21(29)13-19)14-28(4,35)15-30-27(34)22-10-5-6-11-23(22)31/h5-11,13,20,31,35H,12,14-15H2,1-4H3,(H,30,34). The van der Waals surface area contributed by atoms with E-state index >= 15 is 0 Å². The summed E-state index contributed by atoms with van der Waals surface area (Å²) >= 11 is 6.17. The number of nitrogens with one attached hydrogen (secondary N) is 1. The number of para-hydroxylation sites is 1. The summed E-state index contributed by atoms with van der Waals surface area (Å²) in [6.07, 6.45) is 0.487. The molecule has 0 bridgehead atoms. The number of halogens is 1. The molecule has 0 saturated carbocycles. The lowest BCUT2D eigenvalue weighted by atomic mass is 9.74. The summed E-state index contributed by atoms with van der Waals surface area (Å²) in [6.45, 7) is 6.39. The molecule has 0 heterocycles. The van der Waals surface area contributed by atoms with Crippen molar-refractivity contribution in [2.75, 3.05) is 6.54 Å². The maximum Gasteiger partial charge on any atom is 0.255 e. The molecule has 35 heavy (non-hydrogen) atoms. The van der Waals surface area contributed by atoms with Crippen LogP contribution < -0.4 is 5.32 Å². The van der Waals surface area contributed by atoms with Crippen LogP contribution in [-0.4, -0.2) is 39.8 Å². The summed E-state index contributed by atoms with van der Waals surface area (Å²) in [6, 6.07) is 13.4. The monoisotopic (exact) mass is 495 g/mol. The summed E-state index contributed by atoms with van der Waals surface area (Å²) in [4.78, 5) is 38.7. The summed E-state index contributed by atoms with van der Waals surface area (Å²) in [5.41, 5.74) is 1.13. The molecule has 0 aromatic heterocycles. The van der Waals surface area contributed by atoms with Gasteiger partial charge in [0.2, 0.25) is 0 Å². The van der Waals surface area contributed by atoms with Crippen molar-refractivity contribution < 1.29 is 24.6 Å². The summed E-state index contributed by atoms with van der Waals surface area (Å²) < 4.78 is 0. The Morgan fingerprint density at radius 1 is 1.00 bits per heavy atom. The predicted molar refractivity (Wildman–Crippen MR) is 135 cm³/mol. The topological polar surface area (TPSA) is 104 Å². The molecule has 2 aromatic carbocycles. The van der Waals surface area contributed by atoms with Crippen LogP contribution in [0.25, 0.3) is 0 Å². The number of allylic oxidation sites excluding steroid dienone is 4. The molecular weight excluding hydrogens is 466 g/mol. The molecule has 3 rings (SSSR count). The summed E-state index contributed by atoms with van der Waals surface area (Å²) in [7, 11) is 0. The van der Waals surface area contributed by atoms with Gasteiger partial charge in [-0.05, 0) is 76.3 Å². The molecule has 2 aromatic rings. The number of rotatable bonds is 8. The highest BCUT2D eigenvalue weighted by molar-refractivity contribution is 6.30. The first kappa shape index (κ1) is 26.4. The average Bonchev–Trinajstić information content (AvgIpc) is 2.80. The van der Waals surface area contributed by atoms with Gasteiger partial charge in [0.15, 0.2) is 11.6 Å². The van der Waals surface area contributed by atoms with Crippen molar-refractivity contribution in [2.45, 2.75) is 46.1 Å². The van der Waals surface area contributed by atoms with Gasteiger partial charge in [0.05, 0.1) is 11.2 Å². The highest BCUT2D eigenvalue weighted by Crippen LogP contribution is 2.35. The number of phenols is 1. The quantitative estimate of drug-likeness (QED) is 0.465. The van der Waals surface area contributed by atoms with Gasteiger partial charge in [-0.15, -0.1) is 0 Å². The number of benzene rings is 2. The Labute approximate surface area is 210 Å². The zero-order valence-electron chi connectivity index (χ0n) is 20.3. The lowest BCUT2D eigenvalue weighted by molar-refractivity contribution is -0.117. The van der Waals surface area contributed by atoms with Crippen molar-refractivity contribution in [1.29, 1.82) is 0 Å². The van der Waals surface area contributed by atoms with Crippen LogP contribution in [0.1, 0.15) is 50.0 Å². The number of aliphatic hydroxyl groups is 1. The molecule has 0 radical (unpaired) electrons. The molecular formula is C28H30ClNO5. The van der Waals surface area contributed by atoms with Gasteiger partial charge in [-0.25, -0.2) is 0 Å². The van der Waals surface area contributed by atoms with E-state index < -0.39 is 17.4 Å². The van der Waals surface area contributed by atoms with Crippen LogP contribution in [0, 0.1) is 5.92 Å². The Bertz CT molecular complexity index is 1240. The predicted octanol–water partition coefficient (Wildman–Crippen LogP) is 4.58. The molecule has 0 fully saturated rings. The van der Waals surface area contributed by atoms with E-state index in [4.69, 9.17) is 11.6 Å². The van der Waals surface area contributed by atoms with Crippen LogP contribution in [0.2, 0.25) is 5.02 Å². The molecule has 2 atom stereocenters. The molecule has 0 saturated heterocycles. The minimum atomic E-state index is -1.41. The minimum Gasteiger partial charge on any atom is -0.507 e. The van der Waals surface area contributed by atoms with Crippen molar-refractivity contribution in [3.05, 3.63) is 87.0 Å². The molecule has 0 spiro atoms. The highest BCUT2D eigenvalue weighted by Gasteiger charge is 2.36. The van der Waals surface area contributed by atoms with E-state index in [1.54, 1.807) is 52.0 Å². The third-order valence-corrected chi connectivity index (χ3v) is 6.71. The first-order valence-electron chi connectivity index (χ1n) is 11.4. The SMILES string of the molecule is CC1=C(C)C(=O)C(C(Cc2cccc(Cl)c2)CC(C)(O)CNC(=O)c2ccccc2O)=C(C)C1=O. The van der Waals surface area contributed by atoms with Crippen molar-refractivity contribution in [2.24, 2.45) is 5.92 Å². The number of ketones is 2. The van der Waals surface area contributed by atoms with Gasteiger partial charge in [-0.2, -0.15) is 0 Å². The van der Waals surface area contributed by atoms with Crippen LogP contribution in [0.3, 0.4) is 0 Å². The van der Waals surface area contributed by atoms with E-state index in [0.717, 1.165) is 5.56 Å². The smallest absolute Gasteiger partial charge is 0.255 e. The molecule has 3 N–H and O–H groups in total. The van der Waals surface area contributed by atoms with Gasteiger partial charge in [-0.1, -0.05) is 35.9 Å². The molecule has 0 aliphatic heterocycles. The Kier molecular flexibility index (Phi) is 7.98. The number of Topliss-reactive ketones (excluding diaryl/α,β-unsaturated/α-hetero) is 2. The fraction of sp³-hybridized carbons (Fsp3) is 0.321. The molecule has 7 heteroatoms. The maximum absolute atomic E-state index is 13.3. The fourth-order valence-electron chi connectivity index (χ4n) is 4.47. The van der Waals surface area contributed by atoms with Gasteiger partial charge in [0.1, 0.15) is 5.75 Å². The Hall–Kier alpha value is -3.22. The van der Waals surface area contributed by atoms with E-state index in [1.165, 1.54) is 12.1 Å². The van der Waals surface area contributed by atoms with Crippen LogP contribution in [-0.2, 0) is 16.0 Å². The van der Waals surface area contributed by atoms with Crippen LogP contribution in [0.5, 0.6) is 5.75 Å². The van der Waals surface area contributed by atoms with Crippen LogP contribution in [0.4, 0.5) is 0 Å². The number of carbonyl (C=O) groups excluding carboxylic acids is 3. The van der Waals surface area contributed by atoms with Gasteiger partial charge in [0, 0.05) is 33.9 Å². The Morgan fingerprint density at radius 2 is 1.66 bits per heavy atom.